The van der Waals surface area contributed by atoms with Crippen LogP contribution in [0.1, 0.15) is 18.5 Å². The van der Waals surface area contributed by atoms with Crippen molar-refractivity contribution in [3.05, 3.63) is 54.1 Å². The molecule has 0 amide bonds. The van der Waals surface area contributed by atoms with Crippen LogP contribution in [-0.2, 0) is 0 Å². The molecule has 0 saturated heterocycles. The van der Waals surface area contributed by atoms with Gasteiger partial charge in [0.05, 0.1) is 6.20 Å². The van der Waals surface area contributed by atoms with E-state index in [-0.39, 0.29) is 11.8 Å². The highest BCUT2D eigenvalue weighted by molar-refractivity contribution is 5.40. The Hall–Kier alpha value is -1.94. The Labute approximate surface area is 99.1 Å². The average Bonchev–Trinajstić information content (AvgIpc) is 2.33. The summed E-state index contributed by atoms with van der Waals surface area (Å²) in [6.07, 6.45) is 3.15. The molecule has 0 unspecified atom stereocenters. The van der Waals surface area contributed by atoms with Crippen LogP contribution in [0.5, 0.6) is 11.5 Å². The number of benzene rings is 1. The molecule has 0 spiro atoms. The Bertz CT molecular complexity index is 500. The second-order valence-electron chi connectivity index (χ2n) is 3.74. The van der Waals surface area contributed by atoms with E-state index < -0.39 is 5.82 Å². The molecule has 2 aromatic rings. The SMILES string of the molecule is C[C@H](N)c1cccc(F)c1Oc1cccnc1. The van der Waals surface area contributed by atoms with Crippen LogP contribution >= 0.6 is 0 Å². The maximum atomic E-state index is 13.7. The maximum absolute atomic E-state index is 13.7. The van der Waals surface area contributed by atoms with E-state index in [4.69, 9.17) is 10.5 Å². The molecule has 1 atom stereocenters. The number of aromatic nitrogens is 1. The number of halogens is 1. The molecule has 0 fully saturated rings. The quantitative estimate of drug-likeness (QED) is 0.884. The summed E-state index contributed by atoms with van der Waals surface area (Å²) >= 11 is 0. The van der Waals surface area contributed by atoms with Crippen LogP contribution in [-0.4, -0.2) is 4.98 Å². The molecule has 1 heterocycles. The molecule has 1 aromatic heterocycles. The smallest absolute Gasteiger partial charge is 0.167 e. The molecule has 0 bridgehead atoms. The van der Waals surface area contributed by atoms with Gasteiger partial charge in [0.2, 0.25) is 0 Å². The number of hydrogen-bond acceptors (Lipinski definition) is 3. The molecule has 4 heteroatoms. The summed E-state index contributed by atoms with van der Waals surface area (Å²) in [5.74, 6) is 0.221. The van der Waals surface area contributed by atoms with Gasteiger partial charge in [-0.05, 0) is 25.1 Å². The molecule has 0 aliphatic rings. The van der Waals surface area contributed by atoms with E-state index >= 15 is 0 Å². The Morgan fingerprint density at radius 2 is 2.12 bits per heavy atom. The number of hydrogen-bond donors (Lipinski definition) is 1. The Morgan fingerprint density at radius 3 is 2.76 bits per heavy atom. The lowest BCUT2D eigenvalue weighted by atomic mass is 10.1. The minimum atomic E-state index is -0.427. The van der Waals surface area contributed by atoms with Gasteiger partial charge in [0.15, 0.2) is 11.6 Å². The van der Waals surface area contributed by atoms with Gasteiger partial charge in [-0.3, -0.25) is 4.98 Å². The van der Waals surface area contributed by atoms with Gasteiger partial charge in [-0.1, -0.05) is 12.1 Å². The minimum Gasteiger partial charge on any atom is -0.452 e. The number of nitrogens with zero attached hydrogens (tertiary/aromatic N) is 1. The third kappa shape index (κ3) is 2.60. The Morgan fingerprint density at radius 1 is 1.29 bits per heavy atom. The van der Waals surface area contributed by atoms with Crippen LogP contribution < -0.4 is 10.5 Å². The van der Waals surface area contributed by atoms with Crippen molar-refractivity contribution in [3.63, 3.8) is 0 Å². The highest BCUT2D eigenvalue weighted by Gasteiger charge is 2.13. The molecule has 0 saturated carbocycles. The predicted octanol–water partition coefficient (Wildman–Crippen LogP) is 3.03. The Balaban J connectivity index is 2.38. The molecular formula is C13H13FN2O. The van der Waals surface area contributed by atoms with Crippen LogP contribution in [0.3, 0.4) is 0 Å². The monoisotopic (exact) mass is 232 g/mol. The number of nitrogens with two attached hydrogens (primary N) is 1. The zero-order valence-corrected chi connectivity index (χ0v) is 9.43. The Kier molecular flexibility index (Phi) is 3.35. The minimum absolute atomic E-state index is 0.163. The summed E-state index contributed by atoms with van der Waals surface area (Å²) in [7, 11) is 0. The predicted molar refractivity (Wildman–Crippen MR) is 63.3 cm³/mol. The van der Waals surface area contributed by atoms with Crippen LogP contribution in [0.15, 0.2) is 42.7 Å². The molecule has 3 nitrogen and oxygen atoms in total. The van der Waals surface area contributed by atoms with Gasteiger partial charge >= 0.3 is 0 Å². The van der Waals surface area contributed by atoms with Crippen molar-refractivity contribution < 1.29 is 9.13 Å². The zero-order chi connectivity index (χ0) is 12.3. The number of rotatable bonds is 3. The van der Waals surface area contributed by atoms with Gasteiger partial charge in [0.25, 0.3) is 0 Å². The number of pyridine rings is 1. The van der Waals surface area contributed by atoms with E-state index in [1.807, 2.05) is 0 Å². The average molecular weight is 232 g/mol. The lowest BCUT2D eigenvalue weighted by molar-refractivity contribution is 0.431. The van der Waals surface area contributed by atoms with Crippen molar-refractivity contribution >= 4 is 0 Å². The van der Waals surface area contributed by atoms with Crippen LogP contribution in [0.25, 0.3) is 0 Å². The molecule has 2 N–H and O–H groups in total. The first-order chi connectivity index (χ1) is 8.18. The van der Waals surface area contributed by atoms with Crippen molar-refractivity contribution in [2.45, 2.75) is 13.0 Å². The highest BCUT2D eigenvalue weighted by Crippen LogP contribution is 2.30. The van der Waals surface area contributed by atoms with Crippen molar-refractivity contribution in [3.8, 4) is 11.5 Å². The summed E-state index contributed by atoms with van der Waals surface area (Å²) in [6.45, 7) is 1.78. The molecule has 0 radical (unpaired) electrons. The van der Waals surface area contributed by atoms with E-state index in [2.05, 4.69) is 4.98 Å². The second-order valence-corrected chi connectivity index (χ2v) is 3.74. The first-order valence-electron chi connectivity index (χ1n) is 5.30. The third-order valence-corrected chi connectivity index (χ3v) is 2.34. The largest absolute Gasteiger partial charge is 0.452 e. The fourth-order valence-corrected chi connectivity index (χ4v) is 1.52. The van der Waals surface area contributed by atoms with E-state index in [9.17, 15) is 4.39 Å². The fourth-order valence-electron chi connectivity index (χ4n) is 1.52. The van der Waals surface area contributed by atoms with Gasteiger partial charge in [-0.15, -0.1) is 0 Å². The van der Waals surface area contributed by atoms with Crippen molar-refractivity contribution in [2.75, 3.05) is 0 Å². The summed E-state index contributed by atoms with van der Waals surface area (Å²) in [4.78, 5) is 3.91. The topological polar surface area (TPSA) is 48.1 Å². The molecule has 0 aliphatic heterocycles. The fraction of sp³-hybridized carbons (Fsp3) is 0.154. The van der Waals surface area contributed by atoms with Gasteiger partial charge in [-0.25, -0.2) is 4.39 Å². The van der Waals surface area contributed by atoms with Crippen molar-refractivity contribution in [1.29, 1.82) is 0 Å². The molecule has 0 aliphatic carbocycles. The van der Waals surface area contributed by atoms with Gasteiger partial charge in [0.1, 0.15) is 5.75 Å². The molecule has 17 heavy (non-hydrogen) atoms. The van der Waals surface area contributed by atoms with Gasteiger partial charge < -0.3 is 10.5 Å². The molecule has 88 valence electrons. The van der Waals surface area contributed by atoms with Gasteiger partial charge in [-0.2, -0.15) is 0 Å². The number of ether oxygens (including phenoxy) is 1. The lowest BCUT2D eigenvalue weighted by Crippen LogP contribution is -2.07. The zero-order valence-electron chi connectivity index (χ0n) is 9.43. The normalized spacial score (nSPS) is 12.2. The van der Waals surface area contributed by atoms with E-state index in [1.165, 1.54) is 12.3 Å². The first-order valence-corrected chi connectivity index (χ1v) is 5.30. The van der Waals surface area contributed by atoms with Gasteiger partial charge in [0, 0.05) is 17.8 Å². The summed E-state index contributed by atoms with van der Waals surface area (Å²) in [5.41, 5.74) is 6.41. The maximum Gasteiger partial charge on any atom is 0.167 e. The molecule has 1 aromatic carbocycles. The molecular weight excluding hydrogens is 219 g/mol. The van der Waals surface area contributed by atoms with Crippen LogP contribution in [0.4, 0.5) is 4.39 Å². The highest BCUT2D eigenvalue weighted by atomic mass is 19.1. The second kappa shape index (κ2) is 4.93. The van der Waals surface area contributed by atoms with Crippen LogP contribution in [0.2, 0.25) is 0 Å². The van der Waals surface area contributed by atoms with E-state index in [0.29, 0.717) is 11.3 Å². The lowest BCUT2D eigenvalue weighted by Gasteiger charge is -2.14. The number of para-hydroxylation sites is 1. The standard InChI is InChI=1S/C13H13FN2O/c1-9(15)11-5-2-6-12(14)13(11)17-10-4-3-7-16-8-10/h2-9H,15H2,1H3/t9-/m0/s1. The van der Waals surface area contributed by atoms with Crippen molar-refractivity contribution in [2.24, 2.45) is 5.73 Å². The third-order valence-electron chi connectivity index (χ3n) is 2.34. The summed E-state index contributed by atoms with van der Waals surface area (Å²) in [5, 5.41) is 0. The summed E-state index contributed by atoms with van der Waals surface area (Å²) < 4.78 is 19.2. The molecule has 2 rings (SSSR count). The van der Waals surface area contributed by atoms with Crippen molar-refractivity contribution in [1.82, 2.24) is 4.98 Å². The van der Waals surface area contributed by atoms with E-state index in [0.717, 1.165) is 0 Å². The van der Waals surface area contributed by atoms with Crippen LogP contribution in [0, 0.1) is 5.82 Å². The first kappa shape index (κ1) is 11.5. The van der Waals surface area contributed by atoms with E-state index in [1.54, 1.807) is 37.4 Å². The summed E-state index contributed by atoms with van der Waals surface area (Å²) in [6, 6.07) is 7.85.